The van der Waals surface area contributed by atoms with Crippen LogP contribution in [0.15, 0.2) is 24.3 Å². The molecule has 1 aliphatic heterocycles. The standard InChI is InChI=1S/C16H26N2O2S/c1-3-18(4-2)12-15-8-6-5-7-14(15)11-17-16-9-10-21(19,20)13-16/h5-8,16-17H,3-4,9-13H2,1-2H3. The van der Waals surface area contributed by atoms with Gasteiger partial charge in [-0.3, -0.25) is 4.90 Å². The normalized spacial score (nSPS) is 21.0. The van der Waals surface area contributed by atoms with Gasteiger partial charge in [0.25, 0.3) is 0 Å². The van der Waals surface area contributed by atoms with Gasteiger partial charge in [-0.15, -0.1) is 0 Å². The molecular formula is C16H26N2O2S. The van der Waals surface area contributed by atoms with E-state index in [1.165, 1.54) is 11.1 Å². The van der Waals surface area contributed by atoms with E-state index in [1.807, 2.05) is 6.07 Å². The van der Waals surface area contributed by atoms with Gasteiger partial charge in [0.15, 0.2) is 9.84 Å². The van der Waals surface area contributed by atoms with Crippen LogP contribution in [0.25, 0.3) is 0 Å². The van der Waals surface area contributed by atoms with Gasteiger partial charge >= 0.3 is 0 Å². The van der Waals surface area contributed by atoms with Crippen LogP contribution in [-0.4, -0.2) is 44.0 Å². The highest BCUT2D eigenvalue weighted by atomic mass is 32.2. The molecule has 2 rings (SSSR count). The minimum Gasteiger partial charge on any atom is -0.309 e. The summed E-state index contributed by atoms with van der Waals surface area (Å²) < 4.78 is 23.0. The Kier molecular flexibility index (Phi) is 5.79. The molecule has 1 heterocycles. The van der Waals surface area contributed by atoms with Crippen LogP contribution in [0.4, 0.5) is 0 Å². The fourth-order valence-corrected chi connectivity index (χ4v) is 4.49. The molecule has 1 atom stereocenters. The monoisotopic (exact) mass is 310 g/mol. The van der Waals surface area contributed by atoms with Crippen LogP contribution in [0.1, 0.15) is 31.4 Å². The van der Waals surface area contributed by atoms with Crippen molar-refractivity contribution in [1.29, 1.82) is 0 Å². The molecule has 1 aliphatic rings. The van der Waals surface area contributed by atoms with E-state index >= 15 is 0 Å². The lowest BCUT2D eigenvalue weighted by Crippen LogP contribution is -2.30. The summed E-state index contributed by atoms with van der Waals surface area (Å²) in [7, 11) is -2.81. The van der Waals surface area contributed by atoms with Crippen LogP contribution in [0, 0.1) is 0 Å². The van der Waals surface area contributed by atoms with Crippen LogP contribution < -0.4 is 5.32 Å². The minimum atomic E-state index is -2.81. The van der Waals surface area contributed by atoms with E-state index in [0.29, 0.717) is 5.75 Å². The number of nitrogens with zero attached hydrogens (tertiary/aromatic N) is 1. The summed E-state index contributed by atoms with van der Waals surface area (Å²) >= 11 is 0. The number of benzene rings is 1. The maximum atomic E-state index is 11.5. The number of nitrogens with one attached hydrogen (secondary N) is 1. The Morgan fingerprint density at radius 1 is 1.19 bits per heavy atom. The maximum Gasteiger partial charge on any atom is 0.151 e. The summed E-state index contributed by atoms with van der Waals surface area (Å²) in [5, 5.41) is 3.41. The average Bonchev–Trinajstić information content (AvgIpc) is 2.83. The Balaban J connectivity index is 1.97. The Hall–Kier alpha value is -0.910. The Morgan fingerprint density at radius 3 is 2.43 bits per heavy atom. The summed E-state index contributed by atoms with van der Waals surface area (Å²) in [6.45, 7) is 8.13. The number of hydrogen-bond donors (Lipinski definition) is 1. The van der Waals surface area contributed by atoms with Gasteiger partial charge in [0, 0.05) is 19.1 Å². The molecule has 1 N–H and O–H groups in total. The molecule has 0 spiro atoms. The van der Waals surface area contributed by atoms with Gasteiger partial charge in [0.05, 0.1) is 11.5 Å². The zero-order valence-electron chi connectivity index (χ0n) is 13.0. The molecule has 0 bridgehead atoms. The molecule has 118 valence electrons. The molecule has 0 radical (unpaired) electrons. The quantitative estimate of drug-likeness (QED) is 0.834. The van der Waals surface area contributed by atoms with Crippen LogP contribution in [-0.2, 0) is 22.9 Å². The second-order valence-electron chi connectivity index (χ2n) is 5.71. The Bertz CT molecular complexity index is 553. The summed E-state index contributed by atoms with van der Waals surface area (Å²) in [6.07, 6.45) is 0.737. The van der Waals surface area contributed by atoms with Gasteiger partial charge in [-0.25, -0.2) is 8.42 Å². The summed E-state index contributed by atoms with van der Waals surface area (Å²) in [4.78, 5) is 2.39. The largest absolute Gasteiger partial charge is 0.309 e. The topological polar surface area (TPSA) is 49.4 Å². The minimum absolute atomic E-state index is 0.108. The van der Waals surface area contributed by atoms with Crippen molar-refractivity contribution < 1.29 is 8.42 Å². The Labute approximate surface area is 128 Å². The third kappa shape index (κ3) is 4.80. The lowest BCUT2D eigenvalue weighted by atomic mass is 10.1. The van der Waals surface area contributed by atoms with Gasteiger partial charge in [0.1, 0.15) is 0 Å². The molecular weight excluding hydrogens is 284 g/mol. The highest BCUT2D eigenvalue weighted by molar-refractivity contribution is 7.91. The Morgan fingerprint density at radius 2 is 1.86 bits per heavy atom. The summed E-state index contributed by atoms with van der Waals surface area (Å²) in [5.74, 6) is 0.608. The zero-order chi connectivity index (χ0) is 15.3. The molecule has 1 aromatic carbocycles. The van der Waals surface area contributed by atoms with E-state index in [0.717, 1.165) is 32.6 Å². The SMILES string of the molecule is CCN(CC)Cc1ccccc1CNC1CCS(=O)(=O)C1. The predicted molar refractivity (Wildman–Crippen MR) is 87.0 cm³/mol. The molecule has 1 aromatic rings. The first-order valence-electron chi connectivity index (χ1n) is 7.77. The van der Waals surface area contributed by atoms with E-state index in [9.17, 15) is 8.42 Å². The molecule has 0 amide bonds. The molecule has 0 aromatic heterocycles. The van der Waals surface area contributed by atoms with Gasteiger partial charge < -0.3 is 5.32 Å². The first kappa shape index (κ1) is 16.5. The fraction of sp³-hybridized carbons (Fsp3) is 0.625. The summed E-state index contributed by atoms with van der Waals surface area (Å²) in [5.41, 5.74) is 2.60. The average molecular weight is 310 g/mol. The molecule has 0 saturated carbocycles. The van der Waals surface area contributed by atoms with E-state index in [4.69, 9.17) is 0 Å². The van der Waals surface area contributed by atoms with E-state index in [-0.39, 0.29) is 11.8 Å². The first-order valence-corrected chi connectivity index (χ1v) is 9.59. The third-order valence-electron chi connectivity index (χ3n) is 4.22. The van der Waals surface area contributed by atoms with Crippen molar-refractivity contribution in [2.45, 2.75) is 39.4 Å². The molecule has 4 nitrogen and oxygen atoms in total. The second kappa shape index (κ2) is 7.38. The van der Waals surface area contributed by atoms with Gasteiger partial charge in [-0.1, -0.05) is 38.1 Å². The fourth-order valence-electron chi connectivity index (χ4n) is 2.78. The first-order chi connectivity index (χ1) is 10.0. The van der Waals surface area contributed by atoms with Crippen LogP contribution in [0.3, 0.4) is 0 Å². The third-order valence-corrected chi connectivity index (χ3v) is 5.99. The molecule has 5 heteroatoms. The lowest BCUT2D eigenvalue weighted by molar-refractivity contribution is 0.294. The van der Waals surface area contributed by atoms with Crippen molar-refractivity contribution in [3.8, 4) is 0 Å². The molecule has 1 saturated heterocycles. The van der Waals surface area contributed by atoms with Crippen molar-refractivity contribution in [3.63, 3.8) is 0 Å². The summed E-state index contributed by atoms with van der Waals surface area (Å²) in [6, 6.07) is 8.53. The van der Waals surface area contributed by atoms with E-state index < -0.39 is 9.84 Å². The van der Waals surface area contributed by atoms with E-state index in [1.54, 1.807) is 0 Å². The highest BCUT2D eigenvalue weighted by Gasteiger charge is 2.27. The maximum absolute atomic E-state index is 11.5. The van der Waals surface area contributed by atoms with Crippen molar-refractivity contribution in [1.82, 2.24) is 10.2 Å². The second-order valence-corrected chi connectivity index (χ2v) is 7.94. The lowest BCUT2D eigenvalue weighted by Gasteiger charge is -2.21. The van der Waals surface area contributed by atoms with Crippen LogP contribution >= 0.6 is 0 Å². The van der Waals surface area contributed by atoms with Crippen LogP contribution in [0.5, 0.6) is 0 Å². The predicted octanol–water partition coefficient (Wildman–Crippen LogP) is 1.81. The number of rotatable bonds is 7. The molecule has 0 aliphatic carbocycles. The van der Waals surface area contributed by atoms with E-state index in [2.05, 4.69) is 42.3 Å². The van der Waals surface area contributed by atoms with Crippen molar-refractivity contribution >= 4 is 9.84 Å². The smallest absolute Gasteiger partial charge is 0.151 e. The van der Waals surface area contributed by atoms with Gasteiger partial charge in [-0.05, 0) is 30.6 Å². The van der Waals surface area contributed by atoms with Crippen molar-refractivity contribution in [3.05, 3.63) is 35.4 Å². The number of sulfone groups is 1. The number of hydrogen-bond acceptors (Lipinski definition) is 4. The van der Waals surface area contributed by atoms with Gasteiger partial charge in [-0.2, -0.15) is 0 Å². The van der Waals surface area contributed by atoms with Gasteiger partial charge in [0.2, 0.25) is 0 Å². The molecule has 1 fully saturated rings. The molecule has 1 unspecified atom stereocenters. The zero-order valence-corrected chi connectivity index (χ0v) is 13.8. The van der Waals surface area contributed by atoms with Crippen molar-refractivity contribution in [2.24, 2.45) is 0 Å². The highest BCUT2D eigenvalue weighted by Crippen LogP contribution is 2.15. The van der Waals surface area contributed by atoms with Crippen LogP contribution in [0.2, 0.25) is 0 Å². The van der Waals surface area contributed by atoms with Crippen molar-refractivity contribution in [2.75, 3.05) is 24.6 Å². The molecule has 21 heavy (non-hydrogen) atoms.